The fraction of sp³-hybridized carbons (Fsp3) is 0.350. The predicted octanol–water partition coefficient (Wildman–Crippen LogP) is 5.49. The monoisotopic (exact) mass is 447 g/mol. The highest BCUT2D eigenvalue weighted by Crippen LogP contribution is 2.28. The number of carbonyl (C=O) groups excluding carboxylic acids is 1. The van der Waals surface area contributed by atoms with Crippen LogP contribution in [0.15, 0.2) is 50.0 Å². The molecule has 3 rings (SSSR count). The fourth-order valence-electron chi connectivity index (χ4n) is 2.97. The summed E-state index contributed by atoms with van der Waals surface area (Å²) in [4.78, 5) is 14.8. The molecule has 0 aliphatic rings. The van der Waals surface area contributed by atoms with E-state index in [9.17, 15) is 4.79 Å². The van der Waals surface area contributed by atoms with Gasteiger partial charge in [-0.1, -0.05) is 41.1 Å². The second kappa shape index (κ2) is 9.28. The lowest BCUT2D eigenvalue weighted by molar-refractivity contribution is -0.133. The molecule has 0 saturated carbocycles. The van der Waals surface area contributed by atoms with Crippen LogP contribution in [0.2, 0.25) is 0 Å². The van der Waals surface area contributed by atoms with E-state index in [-0.39, 0.29) is 11.9 Å². The highest BCUT2D eigenvalue weighted by atomic mass is 79.9. The first kappa shape index (κ1) is 19.8. The number of aromatic nitrogens is 2. The van der Waals surface area contributed by atoms with Crippen molar-refractivity contribution in [2.75, 3.05) is 6.54 Å². The second-order valence-electron chi connectivity index (χ2n) is 6.30. The Hall–Kier alpha value is -1.99. The maximum atomic E-state index is 12.9. The van der Waals surface area contributed by atoms with Crippen molar-refractivity contribution in [3.63, 3.8) is 0 Å². The van der Waals surface area contributed by atoms with Crippen LogP contribution in [0.25, 0.3) is 11.5 Å². The van der Waals surface area contributed by atoms with Crippen LogP contribution in [0.3, 0.4) is 0 Å². The quantitative estimate of drug-likeness (QED) is 0.457. The van der Waals surface area contributed by atoms with Gasteiger partial charge < -0.3 is 9.32 Å². The molecule has 0 bridgehead atoms. The molecule has 1 aromatic carbocycles. The number of thiophene rings is 1. The van der Waals surface area contributed by atoms with Gasteiger partial charge in [-0.2, -0.15) is 11.3 Å². The van der Waals surface area contributed by atoms with E-state index in [1.165, 1.54) is 0 Å². The van der Waals surface area contributed by atoms with E-state index in [1.54, 1.807) is 11.3 Å². The summed E-state index contributed by atoms with van der Waals surface area (Å²) in [6.45, 7) is 4.86. The average molecular weight is 448 g/mol. The summed E-state index contributed by atoms with van der Waals surface area (Å²) in [6, 6.07) is 9.97. The SMILES string of the molecule is CCCN(C(=O)CCc1nnc(-c2ccsc2)o1)C(C)c1ccccc1Br. The number of hydrogen-bond donors (Lipinski definition) is 0. The molecule has 2 aromatic heterocycles. The van der Waals surface area contributed by atoms with Crippen molar-refractivity contribution in [1.82, 2.24) is 15.1 Å². The molecule has 142 valence electrons. The van der Waals surface area contributed by atoms with Crippen LogP contribution in [0.1, 0.15) is 44.2 Å². The summed E-state index contributed by atoms with van der Waals surface area (Å²) in [5, 5.41) is 12.1. The molecule has 0 radical (unpaired) electrons. The highest BCUT2D eigenvalue weighted by molar-refractivity contribution is 9.10. The first-order valence-corrected chi connectivity index (χ1v) is 10.7. The van der Waals surface area contributed by atoms with Gasteiger partial charge in [-0.25, -0.2) is 0 Å². The number of nitrogens with zero attached hydrogens (tertiary/aromatic N) is 3. The summed E-state index contributed by atoms with van der Waals surface area (Å²) in [5.74, 6) is 1.09. The molecule has 7 heteroatoms. The minimum absolute atomic E-state index is 0.00271. The number of aryl methyl sites for hydroxylation is 1. The fourth-order valence-corrected chi connectivity index (χ4v) is 4.22. The third-order valence-corrected chi connectivity index (χ3v) is 5.80. The van der Waals surface area contributed by atoms with Gasteiger partial charge in [0.2, 0.25) is 17.7 Å². The zero-order valence-corrected chi connectivity index (χ0v) is 17.8. The standard InChI is InChI=1S/C20H22BrN3O2S/c1-3-11-24(14(2)16-6-4-5-7-17(16)21)19(25)9-8-18-22-23-20(26-18)15-10-12-27-13-15/h4-7,10,12-14H,3,8-9,11H2,1-2H3. The normalized spacial score (nSPS) is 12.1. The Kier molecular flexibility index (Phi) is 6.79. The van der Waals surface area contributed by atoms with Crippen LogP contribution in [0.5, 0.6) is 0 Å². The number of halogens is 1. The first-order chi connectivity index (χ1) is 13.1. The van der Waals surface area contributed by atoms with E-state index in [1.807, 2.05) is 39.9 Å². The van der Waals surface area contributed by atoms with Crippen molar-refractivity contribution in [3.8, 4) is 11.5 Å². The number of hydrogen-bond acceptors (Lipinski definition) is 5. The van der Waals surface area contributed by atoms with E-state index in [2.05, 4.69) is 46.0 Å². The second-order valence-corrected chi connectivity index (χ2v) is 7.93. The molecule has 0 saturated heterocycles. The van der Waals surface area contributed by atoms with Crippen molar-refractivity contribution in [2.45, 2.75) is 39.2 Å². The van der Waals surface area contributed by atoms with E-state index < -0.39 is 0 Å². The largest absolute Gasteiger partial charge is 0.421 e. The molecule has 1 amide bonds. The van der Waals surface area contributed by atoms with Gasteiger partial charge in [0.05, 0.1) is 6.04 Å². The maximum Gasteiger partial charge on any atom is 0.248 e. The summed E-state index contributed by atoms with van der Waals surface area (Å²) in [6.07, 6.45) is 1.70. The Labute approximate surface area is 171 Å². The molecule has 0 fully saturated rings. The van der Waals surface area contributed by atoms with Crippen molar-refractivity contribution >= 4 is 33.2 Å². The van der Waals surface area contributed by atoms with E-state index in [4.69, 9.17) is 4.42 Å². The van der Waals surface area contributed by atoms with Gasteiger partial charge in [0.25, 0.3) is 0 Å². The van der Waals surface area contributed by atoms with Gasteiger partial charge in [0.15, 0.2) is 0 Å². The Morgan fingerprint density at radius 2 is 2.11 bits per heavy atom. The lowest BCUT2D eigenvalue weighted by Gasteiger charge is -2.30. The van der Waals surface area contributed by atoms with Gasteiger partial charge in [-0.15, -0.1) is 10.2 Å². The summed E-state index contributed by atoms with van der Waals surface area (Å²) >= 11 is 5.17. The molecule has 27 heavy (non-hydrogen) atoms. The van der Waals surface area contributed by atoms with Crippen molar-refractivity contribution in [2.24, 2.45) is 0 Å². The van der Waals surface area contributed by atoms with Gasteiger partial charge in [-0.3, -0.25) is 4.79 Å². The number of benzene rings is 1. The van der Waals surface area contributed by atoms with Gasteiger partial charge in [0.1, 0.15) is 0 Å². The molecule has 1 unspecified atom stereocenters. The van der Waals surface area contributed by atoms with E-state index >= 15 is 0 Å². The van der Waals surface area contributed by atoms with Crippen LogP contribution >= 0.6 is 27.3 Å². The Balaban J connectivity index is 1.66. The molecule has 0 aliphatic carbocycles. The Morgan fingerprint density at radius 1 is 1.30 bits per heavy atom. The third kappa shape index (κ3) is 4.84. The maximum absolute atomic E-state index is 12.9. The van der Waals surface area contributed by atoms with E-state index in [0.29, 0.717) is 31.2 Å². The van der Waals surface area contributed by atoms with Crippen molar-refractivity contribution < 1.29 is 9.21 Å². The summed E-state index contributed by atoms with van der Waals surface area (Å²) < 4.78 is 6.71. The molecule has 5 nitrogen and oxygen atoms in total. The van der Waals surface area contributed by atoms with Crippen molar-refractivity contribution in [1.29, 1.82) is 0 Å². The molecule has 3 aromatic rings. The topological polar surface area (TPSA) is 59.2 Å². The lowest BCUT2D eigenvalue weighted by Crippen LogP contribution is -2.34. The molecular formula is C20H22BrN3O2S. The molecule has 2 heterocycles. The summed E-state index contributed by atoms with van der Waals surface area (Å²) in [7, 11) is 0. The van der Waals surface area contributed by atoms with Gasteiger partial charge >= 0.3 is 0 Å². The van der Waals surface area contributed by atoms with Gasteiger partial charge in [0, 0.05) is 34.8 Å². The third-order valence-electron chi connectivity index (χ3n) is 4.40. The molecule has 0 spiro atoms. The minimum Gasteiger partial charge on any atom is -0.421 e. The Bertz CT molecular complexity index is 879. The molecule has 0 N–H and O–H groups in total. The predicted molar refractivity (Wildman–Crippen MR) is 110 cm³/mol. The van der Waals surface area contributed by atoms with Crippen LogP contribution < -0.4 is 0 Å². The highest BCUT2D eigenvalue weighted by Gasteiger charge is 2.22. The van der Waals surface area contributed by atoms with Crippen LogP contribution in [0, 0.1) is 0 Å². The van der Waals surface area contributed by atoms with Gasteiger partial charge in [-0.05, 0) is 36.4 Å². The van der Waals surface area contributed by atoms with E-state index in [0.717, 1.165) is 22.0 Å². The van der Waals surface area contributed by atoms with Crippen molar-refractivity contribution in [3.05, 3.63) is 57.0 Å². The number of carbonyl (C=O) groups is 1. The Morgan fingerprint density at radius 3 is 2.81 bits per heavy atom. The van der Waals surface area contributed by atoms with Crippen LogP contribution in [-0.2, 0) is 11.2 Å². The first-order valence-electron chi connectivity index (χ1n) is 8.99. The van der Waals surface area contributed by atoms with Crippen LogP contribution in [0.4, 0.5) is 0 Å². The lowest BCUT2D eigenvalue weighted by atomic mass is 10.1. The zero-order valence-electron chi connectivity index (χ0n) is 15.4. The summed E-state index contributed by atoms with van der Waals surface area (Å²) in [5.41, 5.74) is 2.03. The number of amides is 1. The smallest absolute Gasteiger partial charge is 0.248 e. The molecule has 1 atom stereocenters. The zero-order chi connectivity index (χ0) is 19.2. The average Bonchev–Trinajstić information content (AvgIpc) is 3.35. The number of rotatable bonds is 8. The molecule has 0 aliphatic heterocycles. The minimum atomic E-state index is -0.00271. The van der Waals surface area contributed by atoms with Crippen LogP contribution in [-0.4, -0.2) is 27.5 Å². The molecular weight excluding hydrogens is 426 g/mol.